The number of benzene rings is 2. The van der Waals surface area contributed by atoms with E-state index in [0.29, 0.717) is 3.57 Å². The van der Waals surface area contributed by atoms with Gasteiger partial charge in [0.1, 0.15) is 11.4 Å². The fourth-order valence-corrected chi connectivity index (χ4v) is 3.75. The summed E-state index contributed by atoms with van der Waals surface area (Å²) in [7, 11) is 1.29. The number of likely N-dealkylation sites (tertiary alicyclic amines) is 1. The molecule has 1 unspecified atom stereocenters. The number of carboxylic acid groups (broad SMARTS) is 1. The summed E-state index contributed by atoms with van der Waals surface area (Å²) in [4.78, 5) is 26.1. The monoisotopic (exact) mass is 549 g/mol. The maximum atomic E-state index is 14.5. The standard InChI is InChI=1S/C20H19F3IN3O4/c1-10(26(2)19(29)30)20(31)8-27(9-20)18(28)12-4-5-13(21)16(23)17(12)25-15-6-3-11(24)7-14(15)22/h3-7,10,25,31H,8-9H2,1-2H3,(H,29,30). The summed E-state index contributed by atoms with van der Waals surface area (Å²) < 4.78 is 43.2. The van der Waals surface area contributed by atoms with E-state index in [1.165, 1.54) is 31.0 Å². The Morgan fingerprint density at radius 3 is 2.42 bits per heavy atom. The number of carbonyl (C=O) groups is 2. The quantitative estimate of drug-likeness (QED) is 0.496. The molecule has 2 amide bonds. The van der Waals surface area contributed by atoms with Crippen LogP contribution in [0, 0.1) is 21.0 Å². The van der Waals surface area contributed by atoms with Crippen molar-refractivity contribution in [1.29, 1.82) is 0 Å². The highest BCUT2D eigenvalue weighted by molar-refractivity contribution is 14.1. The number of amides is 2. The summed E-state index contributed by atoms with van der Waals surface area (Å²) in [6.07, 6.45) is -1.24. The van der Waals surface area contributed by atoms with E-state index in [-0.39, 0.29) is 24.3 Å². The lowest BCUT2D eigenvalue weighted by Crippen LogP contribution is -2.71. The van der Waals surface area contributed by atoms with Crippen LogP contribution in [-0.2, 0) is 0 Å². The molecule has 2 aromatic carbocycles. The summed E-state index contributed by atoms with van der Waals surface area (Å²) in [5.41, 5.74) is -2.41. The number of hydrogen-bond acceptors (Lipinski definition) is 4. The molecule has 3 rings (SSSR count). The first-order valence-corrected chi connectivity index (χ1v) is 10.2. The molecule has 0 aromatic heterocycles. The third-order valence-corrected chi connectivity index (χ3v) is 6.06. The first kappa shape index (κ1) is 23.1. The molecule has 1 fully saturated rings. The molecule has 1 aliphatic rings. The summed E-state index contributed by atoms with van der Waals surface area (Å²) in [6, 6.07) is 5.12. The third-order valence-electron chi connectivity index (χ3n) is 5.39. The van der Waals surface area contributed by atoms with E-state index < -0.39 is 46.8 Å². The molecule has 11 heteroatoms. The summed E-state index contributed by atoms with van der Waals surface area (Å²) in [5, 5.41) is 22.2. The van der Waals surface area contributed by atoms with Crippen LogP contribution >= 0.6 is 22.6 Å². The Kier molecular flexibility index (Phi) is 6.37. The number of rotatable bonds is 5. The second-order valence-electron chi connectivity index (χ2n) is 7.37. The Balaban J connectivity index is 1.86. The maximum absolute atomic E-state index is 14.5. The van der Waals surface area contributed by atoms with Gasteiger partial charge in [-0.25, -0.2) is 18.0 Å². The maximum Gasteiger partial charge on any atom is 0.407 e. The van der Waals surface area contributed by atoms with Crippen molar-refractivity contribution >= 4 is 46.0 Å². The molecule has 7 nitrogen and oxygen atoms in total. The number of likely N-dealkylation sites (N-methyl/N-ethyl adjacent to an activating group) is 1. The zero-order chi connectivity index (χ0) is 23.1. The van der Waals surface area contributed by atoms with E-state index >= 15 is 0 Å². The minimum Gasteiger partial charge on any atom is -0.465 e. The average molecular weight is 549 g/mol. The molecule has 31 heavy (non-hydrogen) atoms. The highest BCUT2D eigenvalue weighted by Gasteiger charge is 2.50. The first-order chi connectivity index (χ1) is 14.4. The topological polar surface area (TPSA) is 93.1 Å². The number of nitrogens with zero attached hydrogens (tertiary/aromatic N) is 2. The smallest absolute Gasteiger partial charge is 0.407 e. The second kappa shape index (κ2) is 8.54. The van der Waals surface area contributed by atoms with Gasteiger partial charge in [0.15, 0.2) is 11.6 Å². The Labute approximate surface area is 189 Å². The zero-order valence-corrected chi connectivity index (χ0v) is 18.7. The summed E-state index contributed by atoms with van der Waals surface area (Å²) in [5.74, 6) is -4.00. The van der Waals surface area contributed by atoms with Crippen molar-refractivity contribution < 1.29 is 33.0 Å². The molecule has 0 aliphatic carbocycles. The molecule has 0 spiro atoms. The molecule has 0 bridgehead atoms. The molecular weight excluding hydrogens is 530 g/mol. The van der Waals surface area contributed by atoms with Gasteiger partial charge in [-0.15, -0.1) is 0 Å². The molecule has 1 atom stereocenters. The molecule has 1 aliphatic heterocycles. The van der Waals surface area contributed by atoms with E-state index in [2.05, 4.69) is 5.32 Å². The van der Waals surface area contributed by atoms with Crippen LogP contribution in [0.4, 0.5) is 29.3 Å². The van der Waals surface area contributed by atoms with Crippen molar-refractivity contribution in [3.05, 3.63) is 56.9 Å². The van der Waals surface area contributed by atoms with Crippen molar-refractivity contribution in [2.75, 3.05) is 25.5 Å². The van der Waals surface area contributed by atoms with Gasteiger partial charge >= 0.3 is 6.09 Å². The molecule has 3 N–H and O–H groups in total. The van der Waals surface area contributed by atoms with E-state index in [1.54, 1.807) is 6.07 Å². The fourth-order valence-electron chi connectivity index (χ4n) is 3.30. The van der Waals surface area contributed by atoms with Gasteiger partial charge < -0.3 is 25.3 Å². The second-order valence-corrected chi connectivity index (χ2v) is 8.61. The Hall–Kier alpha value is -2.54. The van der Waals surface area contributed by atoms with Crippen LogP contribution in [0.25, 0.3) is 0 Å². The number of hydrogen-bond donors (Lipinski definition) is 3. The van der Waals surface area contributed by atoms with Crippen molar-refractivity contribution in [2.45, 2.75) is 18.6 Å². The molecular formula is C20H19F3IN3O4. The van der Waals surface area contributed by atoms with Crippen molar-refractivity contribution in [2.24, 2.45) is 0 Å². The van der Waals surface area contributed by atoms with Crippen molar-refractivity contribution in [3.63, 3.8) is 0 Å². The minimum absolute atomic E-state index is 0.143. The van der Waals surface area contributed by atoms with Crippen LogP contribution in [0.15, 0.2) is 30.3 Å². The van der Waals surface area contributed by atoms with E-state index in [9.17, 15) is 27.9 Å². The van der Waals surface area contributed by atoms with Crippen LogP contribution in [0.5, 0.6) is 0 Å². The molecule has 0 radical (unpaired) electrons. The normalized spacial score (nSPS) is 15.8. The highest BCUT2D eigenvalue weighted by atomic mass is 127. The van der Waals surface area contributed by atoms with Gasteiger partial charge in [0, 0.05) is 10.6 Å². The third kappa shape index (κ3) is 4.42. The largest absolute Gasteiger partial charge is 0.465 e. The van der Waals surface area contributed by atoms with Gasteiger partial charge in [-0.05, 0) is 59.8 Å². The number of aliphatic hydroxyl groups is 1. The lowest BCUT2D eigenvalue weighted by atomic mass is 9.85. The minimum atomic E-state index is -1.49. The summed E-state index contributed by atoms with van der Waals surface area (Å²) >= 11 is 1.89. The van der Waals surface area contributed by atoms with Gasteiger partial charge in [-0.1, -0.05) is 0 Å². The number of β-amino-alcohol motifs (C(OH)–C–C–N with tert-alkyl or cyclic N) is 1. The predicted octanol–water partition coefficient (Wildman–Crippen LogP) is 3.64. The van der Waals surface area contributed by atoms with Crippen molar-refractivity contribution in [1.82, 2.24) is 9.80 Å². The van der Waals surface area contributed by atoms with E-state index in [4.69, 9.17) is 5.11 Å². The number of anilines is 2. The predicted molar refractivity (Wildman–Crippen MR) is 115 cm³/mol. The zero-order valence-electron chi connectivity index (χ0n) is 16.5. The average Bonchev–Trinajstić information content (AvgIpc) is 2.69. The van der Waals surface area contributed by atoms with Gasteiger partial charge in [0.05, 0.1) is 36.1 Å². The van der Waals surface area contributed by atoms with Crippen molar-refractivity contribution in [3.8, 4) is 0 Å². The molecule has 1 heterocycles. The Bertz CT molecular complexity index is 1050. The van der Waals surface area contributed by atoms with E-state index in [1.807, 2.05) is 22.6 Å². The number of halogens is 4. The number of nitrogens with one attached hydrogen (secondary N) is 1. The molecule has 2 aromatic rings. The fraction of sp³-hybridized carbons (Fsp3) is 0.300. The Morgan fingerprint density at radius 2 is 1.84 bits per heavy atom. The van der Waals surface area contributed by atoms with Crippen LogP contribution in [-0.4, -0.2) is 63.8 Å². The van der Waals surface area contributed by atoms with Gasteiger partial charge in [-0.2, -0.15) is 0 Å². The molecule has 1 saturated heterocycles. The van der Waals surface area contributed by atoms with Gasteiger partial charge in [0.2, 0.25) is 0 Å². The lowest BCUT2D eigenvalue weighted by molar-refractivity contribution is -0.118. The van der Waals surface area contributed by atoms with Crippen LogP contribution < -0.4 is 5.32 Å². The SMILES string of the molecule is CC(N(C)C(=O)O)C1(O)CN(C(=O)c2ccc(F)c(F)c2Nc2ccc(I)cc2F)C1. The highest BCUT2D eigenvalue weighted by Crippen LogP contribution is 2.33. The lowest BCUT2D eigenvalue weighted by Gasteiger charge is -2.51. The molecule has 0 saturated carbocycles. The van der Waals surface area contributed by atoms with Crippen LogP contribution in [0.3, 0.4) is 0 Å². The van der Waals surface area contributed by atoms with E-state index in [0.717, 1.165) is 17.0 Å². The molecule has 166 valence electrons. The summed E-state index contributed by atoms with van der Waals surface area (Å²) in [6.45, 7) is 1.09. The van der Waals surface area contributed by atoms with Crippen LogP contribution in [0.1, 0.15) is 17.3 Å². The first-order valence-electron chi connectivity index (χ1n) is 9.12. The Morgan fingerprint density at radius 1 is 1.19 bits per heavy atom. The van der Waals surface area contributed by atoms with Crippen LogP contribution in [0.2, 0.25) is 0 Å². The van der Waals surface area contributed by atoms with Gasteiger partial charge in [-0.3, -0.25) is 4.79 Å². The van der Waals surface area contributed by atoms with Gasteiger partial charge in [0.25, 0.3) is 5.91 Å². The number of carbonyl (C=O) groups excluding carboxylic acids is 1.